The number of nitrogens with one attached hydrogen (secondary N) is 1. The minimum absolute atomic E-state index is 0.0328. The van der Waals surface area contributed by atoms with Crippen molar-refractivity contribution in [1.82, 2.24) is 4.90 Å². The summed E-state index contributed by atoms with van der Waals surface area (Å²) in [5, 5.41) is 2.85. The van der Waals surface area contributed by atoms with Crippen molar-refractivity contribution >= 4 is 17.3 Å². The number of rotatable bonds is 8. The van der Waals surface area contributed by atoms with Crippen LogP contribution in [0, 0.1) is 0 Å². The van der Waals surface area contributed by atoms with Crippen molar-refractivity contribution in [3.63, 3.8) is 0 Å². The number of carbonyl (C=O) groups is 1. The van der Waals surface area contributed by atoms with Crippen molar-refractivity contribution in [2.75, 3.05) is 30.7 Å². The second kappa shape index (κ2) is 8.53. The van der Waals surface area contributed by atoms with E-state index in [9.17, 15) is 4.79 Å². The van der Waals surface area contributed by atoms with Crippen LogP contribution in [0.25, 0.3) is 0 Å². The van der Waals surface area contributed by atoms with Crippen LogP contribution in [0.2, 0.25) is 0 Å². The lowest BCUT2D eigenvalue weighted by Gasteiger charge is -2.19. The van der Waals surface area contributed by atoms with Crippen molar-refractivity contribution in [1.29, 1.82) is 0 Å². The largest absolute Gasteiger partial charge is 0.397 e. The number of benzene rings is 1. The number of nitrogen functional groups attached to an aromatic ring is 1. The summed E-state index contributed by atoms with van der Waals surface area (Å²) < 4.78 is 0. The first-order valence-electron chi connectivity index (χ1n) is 7.04. The number of anilines is 2. The highest BCUT2D eigenvalue weighted by Crippen LogP contribution is 2.16. The number of carbonyl (C=O) groups excluding carboxylic acids is 1. The maximum absolute atomic E-state index is 11.8. The van der Waals surface area contributed by atoms with Crippen LogP contribution in [0.15, 0.2) is 24.3 Å². The number of nitrogens with two attached hydrogens (primary N) is 1. The standard InChI is InChI=1S/C15H25N3O/c1-3-11-18(4-2)12-7-10-15(19)17-14-9-6-5-8-13(14)16/h5-6,8-9H,3-4,7,10-12,16H2,1-2H3,(H,17,19). The molecule has 0 saturated heterocycles. The first-order valence-corrected chi connectivity index (χ1v) is 7.04. The van der Waals surface area contributed by atoms with Crippen LogP contribution >= 0.6 is 0 Å². The molecule has 19 heavy (non-hydrogen) atoms. The van der Waals surface area contributed by atoms with Gasteiger partial charge in [0, 0.05) is 6.42 Å². The van der Waals surface area contributed by atoms with Gasteiger partial charge < -0.3 is 16.0 Å². The average Bonchev–Trinajstić information content (AvgIpc) is 2.40. The van der Waals surface area contributed by atoms with Crippen LogP contribution < -0.4 is 11.1 Å². The summed E-state index contributed by atoms with van der Waals surface area (Å²) in [7, 11) is 0. The number of nitrogens with zero attached hydrogens (tertiary/aromatic N) is 1. The summed E-state index contributed by atoms with van der Waals surface area (Å²) >= 11 is 0. The third-order valence-electron chi connectivity index (χ3n) is 3.10. The number of para-hydroxylation sites is 2. The molecular weight excluding hydrogens is 238 g/mol. The highest BCUT2D eigenvalue weighted by Gasteiger charge is 2.06. The average molecular weight is 263 g/mol. The normalized spacial score (nSPS) is 10.7. The Morgan fingerprint density at radius 1 is 1.26 bits per heavy atom. The fourth-order valence-electron chi connectivity index (χ4n) is 2.03. The van der Waals surface area contributed by atoms with Crippen LogP contribution in [0.1, 0.15) is 33.1 Å². The monoisotopic (exact) mass is 263 g/mol. The lowest BCUT2D eigenvalue weighted by molar-refractivity contribution is -0.116. The Morgan fingerprint density at radius 2 is 2.00 bits per heavy atom. The van der Waals surface area contributed by atoms with E-state index in [4.69, 9.17) is 5.73 Å². The number of hydrogen-bond donors (Lipinski definition) is 2. The Labute approximate surface area is 116 Å². The van der Waals surface area contributed by atoms with Crippen molar-refractivity contribution < 1.29 is 4.79 Å². The van der Waals surface area contributed by atoms with Gasteiger partial charge in [-0.15, -0.1) is 0 Å². The van der Waals surface area contributed by atoms with Gasteiger partial charge in [-0.05, 0) is 44.6 Å². The quantitative estimate of drug-likeness (QED) is 0.709. The summed E-state index contributed by atoms with van der Waals surface area (Å²) in [4.78, 5) is 14.2. The van der Waals surface area contributed by atoms with E-state index in [-0.39, 0.29) is 5.91 Å². The van der Waals surface area contributed by atoms with Gasteiger partial charge in [0.15, 0.2) is 0 Å². The highest BCUT2D eigenvalue weighted by molar-refractivity contribution is 5.93. The molecule has 0 heterocycles. The van der Waals surface area contributed by atoms with Gasteiger partial charge in [-0.3, -0.25) is 4.79 Å². The predicted octanol–water partition coefficient (Wildman–Crippen LogP) is 2.72. The van der Waals surface area contributed by atoms with Crippen molar-refractivity contribution in [2.45, 2.75) is 33.1 Å². The molecule has 1 aromatic rings. The minimum Gasteiger partial charge on any atom is -0.397 e. The zero-order chi connectivity index (χ0) is 14.1. The molecule has 0 aliphatic carbocycles. The molecule has 0 radical (unpaired) electrons. The predicted molar refractivity (Wildman–Crippen MR) is 81.1 cm³/mol. The Hall–Kier alpha value is -1.55. The Balaban J connectivity index is 2.30. The molecule has 0 aliphatic rings. The summed E-state index contributed by atoms with van der Waals surface area (Å²) in [6.07, 6.45) is 2.57. The fourth-order valence-corrected chi connectivity index (χ4v) is 2.03. The van der Waals surface area contributed by atoms with E-state index in [0.29, 0.717) is 17.8 Å². The molecular formula is C15H25N3O. The SMILES string of the molecule is CCCN(CC)CCCC(=O)Nc1ccccc1N. The summed E-state index contributed by atoms with van der Waals surface area (Å²) in [6, 6.07) is 7.33. The smallest absolute Gasteiger partial charge is 0.224 e. The van der Waals surface area contributed by atoms with Gasteiger partial charge in [0.2, 0.25) is 5.91 Å². The lowest BCUT2D eigenvalue weighted by atomic mass is 10.2. The zero-order valence-electron chi connectivity index (χ0n) is 12.0. The molecule has 0 aliphatic heterocycles. The molecule has 0 atom stereocenters. The molecule has 0 fully saturated rings. The van der Waals surface area contributed by atoms with Gasteiger partial charge in [-0.2, -0.15) is 0 Å². The first-order chi connectivity index (χ1) is 9.17. The van der Waals surface area contributed by atoms with E-state index in [1.807, 2.05) is 18.2 Å². The number of hydrogen-bond acceptors (Lipinski definition) is 3. The summed E-state index contributed by atoms with van der Waals surface area (Å²) in [5.41, 5.74) is 7.09. The summed E-state index contributed by atoms with van der Waals surface area (Å²) in [5.74, 6) is 0.0328. The van der Waals surface area contributed by atoms with Gasteiger partial charge in [0.25, 0.3) is 0 Å². The van der Waals surface area contributed by atoms with E-state index in [1.54, 1.807) is 6.07 Å². The van der Waals surface area contributed by atoms with E-state index < -0.39 is 0 Å². The van der Waals surface area contributed by atoms with Crippen molar-refractivity contribution in [2.24, 2.45) is 0 Å². The second-order valence-corrected chi connectivity index (χ2v) is 4.67. The van der Waals surface area contributed by atoms with Crippen molar-refractivity contribution in [3.8, 4) is 0 Å². The fraction of sp³-hybridized carbons (Fsp3) is 0.533. The third kappa shape index (κ3) is 5.75. The van der Waals surface area contributed by atoms with E-state index in [0.717, 1.165) is 32.5 Å². The van der Waals surface area contributed by atoms with Crippen LogP contribution in [0.5, 0.6) is 0 Å². The van der Waals surface area contributed by atoms with Gasteiger partial charge in [-0.1, -0.05) is 26.0 Å². The molecule has 0 bridgehead atoms. The van der Waals surface area contributed by atoms with Gasteiger partial charge in [0.05, 0.1) is 11.4 Å². The molecule has 4 heteroatoms. The molecule has 1 aromatic carbocycles. The van der Waals surface area contributed by atoms with Crippen LogP contribution in [-0.4, -0.2) is 30.4 Å². The summed E-state index contributed by atoms with van der Waals surface area (Å²) in [6.45, 7) is 7.45. The zero-order valence-corrected chi connectivity index (χ0v) is 12.0. The van der Waals surface area contributed by atoms with Crippen LogP contribution in [0.3, 0.4) is 0 Å². The molecule has 0 unspecified atom stereocenters. The van der Waals surface area contributed by atoms with Gasteiger partial charge in [0.1, 0.15) is 0 Å². The molecule has 0 aromatic heterocycles. The molecule has 1 rings (SSSR count). The molecule has 1 amide bonds. The van der Waals surface area contributed by atoms with Crippen LogP contribution in [-0.2, 0) is 4.79 Å². The first kappa shape index (κ1) is 15.5. The maximum atomic E-state index is 11.8. The topological polar surface area (TPSA) is 58.4 Å². The Kier molecular flexibility index (Phi) is 6.97. The maximum Gasteiger partial charge on any atom is 0.224 e. The third-order valence-corrected chi connectivity index (χ3v) is 3.10. The van der Waals surface area contributed by atoms with Crippen molar-refractivity contribution in [3.05, 3.63) is 24.3 Å². The van der Waals surface area contributed by atoms with Gasteiger partial charge in [-0.25, -0.2) is 0 Å². The minimum atomic E-state index is 0.0328. The Bertz CT molecular complexity index is 393. The molecule has 4 nitrogen and oxygen atoms in total. The molecule has 106 valence electrons. The highest BCUT2D eigenvalue weighted by atomic mass is 16.1. The molecule has 3 N–H and O–H groups in total. The van der Waals surface area contributed by atoms with E-state index in [2.05, 4.69) is 24.1 Å². The molecule has 0 spiro atoms. The van der Waals surface area contributed by atoms with Crippen LogP contribution in [0.4, 0.5) is 11.4 Å². The van der Waals surface area contributed by atoms with Gasteiger partial charge >= 0.3 is 0 Å². The lowest BCUT2D eigenvalue weighted by Crippen LogP contribution is -2.26. The Morgan fingerprint density at radius 3 is 2.63 bits per heavy atom. The van der Waals surface area contributed by atoms with E-state index >= 15 is 0 Å². The molecule has 0 saturated carbocycles. The van der Waals surface area contributed by atoms with E-state index in [1.165, 1.54) is 0 Å². The second-order valence-electron chi connectivity index (χ2n) is 4.67. The number of amides is 1.